The first-order valence-electron chi connectivity index (χ1n) is 21.4. The lowest BCUT2D eigenvalue weighted by Gasteiger charge is -2.45. The van der Waals surface area contributed by atoms with E-state index in [0.717, 1.165) is 61.4 Å². The minimum absolute atomic E-state index is 0.574. The van der Waals surface area contributed by atoms with Crippen LogP contribution in [0.4, 0.5) is 21.5 Å². The van der Waals surface area contributed by atoms with Crippen LogP contribution in [0.5, 0.6) is 0 Å². The summed E-state index contributed by atoms with van der Waals surface area (Å²) in [4.78, 5) is 12.4. The Morgan fingerprint density at radius 2 is 1.21 bits per heavy atom. The van der Waals surface area contributed by atoms with Gasteiger partial charge >= 0.3 is 0 Å². The largest absolute Gasteiger partial charge is 0.327 e. The highest BCUT2D eigenvalue weighted by molar-refractivity contribution is 7.22. The van der Waals surface area contributed by atoms with Crippen LogP contribution in [0, 0.1) is 0 Å². The van der Waals surface area contributed by atoms with Crippen molar-refractivity contribution in [2.45, 2.75) is 6.17 Å². The molecule has 0 fully saturated rings. The quantitative estimate of drug-likeness (QED) is 0.150. The lowest BCUT2D eigenvalue weighted by molar-refractivity contribution is 0.402. The molecular weight excluding hydrogens is 790 g/mol. The molecule has 0 amide bonds. The van der Waals surface area contributed by atoms with Gasteiger partial charge in [0.2, 0.25) is 0 Å². The zero-order chi connectivity index (χ0) is 42.1. The number of hydrogen-bond acceptors (Lipinski definition) is 3. The van der Waals surface area contributed by atoms with Gasteiger partial charge in [0, 0.05) is 51.8 Å². The molecule has 1 aliphatic heterocycles. The van der Waals surface area contributed by atoms with Crippen molar-refractivity contribution in [2.24, 2.45) is 7.05 Å². The van der Waals surface area contributed by atoms with Gasteiger partial charge in [-0.05, 0) is 87.4 Å². The molecular formula is C56H40FN5Si. The number of imidazole rings is 1. The summed E-state index contributed by atoms with van der Waals surface area (Å²) in [7, 11) is -1.15. The summed E-state index contributed by atoms with van der Waals surface area (Å²) < 4.78 is 21.8. The number of aromatic nitrogens is 4. The summed E-state index contributed by atoms with van der Waals surface area (Å²) in [5.74, 6) is 1.58. The van der Waals surface area contributed by atoms with Crippen LogP contribution in [0.25, 0.3) is 50.0 Å². The molecule has 1 unspecified atom stereocenters. The van der Waals surface area contributed by atoms with Crippen LogP contribution < -0.4 is 25.6 Å². The highest BCUT2D eigenvalue weighted by Crippen LogP contribution is 2.43. The molecule has 300 valence electrons. The van der Waals surface area contributed by atoms with E-state index in [4.69, 9.17) is 9.97 Å². The Morgan fingerprint density at radius 3 is 1.95 bits per heavy atom. The molecule has 0 bridgehead atoms. The second-order valence-corrected chi connectivity index (χ2v) is 20.0. The van der Waals surface area contributed by atoms with Gasteiger partial charge in [0.05, 0.1) is 22.1 Å². The molecule has 0 N–H and O–H groups in total. The maximum absolute atomic E-state index is 17.4. The normalized spacial score (nSPS) is 13.6. The van der Waals surface area contributed by atoms with Crippen molar-refractivity contribution in [1.82, 2.24) is 19.1 Å². The topological polar surface area (TPSA) is 38.9 Å². The molecule has 3 aromatic heterocycles. The van der Waals surface area contributed by atoms with Crippen LogP contribution in [0.15, 0.2) is 219 Å². The number of pyridine rings is 1. The van der Waals surface area contributed by atoms with Gasteiger partial charge in [-0.2, -0.15) is 0 Å². The van der Waals surface area contributed by atoms with Gasteiger partial charge in [0.1, 0.15) is 11.6 Å². The third-order valence-electron chi connectivity index (χ3n) is 12.9. The van der Waals surface area contributed by atoms with Gasteiger partial charge in [-0.25, -0.2) is 14.4 Å². The van der Waals surface area contributed by atoms with Gasteiger partial charge in [0.15, 0.2) is 14.2 Å². The monoisotopic (exact) mass is 829 g/mol. The van der Waals surface area contributed by atoms with E-state index < -0.39 is 14.2 Å². The SMILES string of the molecule is Cn1c(-c2cccc(C(F)c3ccc4c5ccc6c(c5n(-c5ccccn5)c4c3)[Si](c3ccccc3)(c3ccccc3)c3ccccc3N6c3ccccc3)c2)nc2ccccc21. The fourth-order valence-corrected chi connectivity index (χ4v) is 15.5. The minimum Gasteiger partial charge on any atom is -0.327 e. The lowest BCUT2D eigenvalue weighted by atomic mass is 9.99. The molecule has 0 spiro atoms. The molecule has 1 aliphatic rings. The number of alkyl halides is 1. The van der Waals surface area contributed by atoms with Gasteiger partial charge in [-0.1, -0.05) is 152 Å². The highest BCUT2D eigenvalue weighted by atomic mass is 28.3. The number of nitrogens with zero attached hydrogens (tertiary/aromatic N) is 5. The third-order valence-corrected chi connectivity index (χ3v) is 17.8. The Labute approximate surface area is 365 Å². The minimum atomic E-state index is -3.16. The van der Waals surface area contributed by atoms with Gasteiger partial charge in [-0.15, -0.1) is 0 Å². The predicted molar refractivity (Wildman–Crippen MR) is 260 cm³/mol. The van der Waals surface area contributed by atoms with Crippen LogP contribution in [-0.2, 0) is 7.05 Å². The number of rotatable bonds is 7. The molecule has 63 heavy (non-hydrogen) atoms. The maximum atomic E-state index is 17.4. The van der Waals surface area contributed by atoms with Gasteiger partial charge in [0.25, 0.3) is 0 Å². The van der Waals surface area contributed by atoms with Crippen LogP contribution in [-0.4, -0.2) is 27.2 Å². The number of benzene rings is 8. The summed E-state index contributed by atoms with van der Waals surface area (Å²) in [6.45, 7) is 0. The first-order valence-corrected chi connectivity index (χ1v) is 23.4. The summed E-state index contributed by atoms with van der Waals surface area (Å²) in [6, 6.07) is 74.4. The smallest absolute Gasteiger partial charge is 0.186 e. The van der Waals surface area contributed by atoms with Crippen molar-refractivity contribution >= 4 is 78.7 Å². The summed E-state index contributed by atoms with van der Waals surface area (Å²) >= 11 is 0. The molecule has 5 nitrogen and oxygen atoms in total. The average molecular weight is 830 g/mol. The average Bonchev–Trinajstić information content (AvgIpc) is 3.88. The van der Waals surface area contributed by atoms with E-state index in [1.807, 2.05) is 80.0 Å². The molecule has 11 aromatic rings. The Balaban J connectivity index is 1.16. The molecule has 12 rings (SSSR count). The van der Waals surface area contributed by atoms with E-state index in [-0.39, 0.29) is 0 Å². The fourth-order valence-electron chi connectivity index (χ4n) is 10.2. The van der Waals surface area contributed by atoms with E-state index in [1.54, 1.807) is 0 Å². The fraction of sp³-hybridized carbons (Fsp3) is 0.0357. The van der Waals surface area contributed by atoms with Crippen molar-refractivity contribution in [3.8, 4) is 17.2 Å². The van der Waals surface area contributed by atoms with Crippen molar-refractivity contribution < 1.29 is 4.39 Å². The molecule has 1 atom stereocenters. The van der Waals surface area contributed by atoms with E-state index in [2.05, 4.69) is 160 Å². The zero-order valence-corrected chi connectivity index (χ0v) is 35.5. The third kappa shape index (κ3) is 5.60. The van der Waals surface area contributed by atoms with Crippen LogP contribution in [0.2, 0.25) is 0 Å². The lowest BCUT2D eigenvalue weighted by Crippen LogP contribution is -2.77. The Hall–Kier alpha value is -7.87. The zero-order valence-electron chi connectivity index (χ0n) is 34.5. The van der Waals surface area contributed by atoms with E-state index in [1.165, 1.54) is 26.4 Å². The number of anilines is 3. The summed E-state index contributed by atoms with van der Waals surface area (Å²) in [5, 5.41) is 7.26. The molecule has 0 aliphatic carbocycles. The van der Waals surface area contributed by atoms with Crippen molar-refractivity contribution in [3.63, 3.8) is 0 Å². The first-order chi connectivity index (χ1) is 31.1. The second-order valence-electron chi connectivity index (χ2n) is 16.3. The van der Waals surface area contributed by atoms with Crippen LogP contribution in [0.1, 0.15) is 17.3 Å². The molecule has 4 heterocycles. The number of halogens is 1. The van der Waals surface area contributed by atoms with Crippen LogP contribution >= 0.6 is 0 Å². The second kappa shape index (κ2) is 14.6. The maximum Gasteiger partial charge on any atom is 0.186 e. The van der Waals surface area contributed by atoms with E-state index in [9.17, 15) is 0 Å². The molecule has 0 radical (unpaired) electrons. The molecule has 8 aromatic carbocycles. The van der Waals surface area contributed by atoms with E-state index in [0.29, 0.717) is 11.1 Å². The Kier molecular flexibility index (Phi) is 8.59. The van der Waals surface area contributed by atoms with Crippen molar-refractivity contribution in [2.75, 3.05) is 4.90 Å². The number of fused-ring (bicyclic) bond motifs is 7. The van der Waals surface area contributed by atoms with Gasteiger partial charge in [-0.3, -0.25) is 4.57 Å². The number of hydrogen-bond donors (Lipinski definition) is 0. The predicted octanol–water partition coefficient (Wildman–Crippen LogP) is 11.0. The number of para-hydroxylation sites is 4. The van der Waals surface area contributed by atoms with Crippen LogP contribution in [0.3, 0.4) is 0 Å². The Bertz CT molecular complexity index is 3460. The first kappa shape index (κ1) is 36.9. The van der Waals surface area contributed by atoms with Crippen molar-refractivity contribution in [3.05, 3.63) is 230 Å². The molecule has 7 heteroatoms. The standard InChI is InChI=1S/C56H40FN5Si/c1-60-47-27-12-11-26-46(47)59-56(60)40-19-17-18-38(36-40)53(57)39-31-32-44-45-33-34-49-55(54(45)62(50(44)37-39)52-30-15-16-35-58-52)63(42-22-7-3-8-23-42,43-24-9-4-10-25-43)51-29-14-13-28-48(51)61(49)41-20-5-2-6-21-41/h2-37,53H,1H3. The van der Waals surface area contributed by atoms with E-state index >= 15 is 4.39 Å². The Morgan fingerprint density at radius 1 is 0.540 bits per heavy atom. The van der Waals surface area contributed by atoms with Crippen molar-refractivity contribution in [1.29, 1.82) is 0 Å². The highest BCUT2D eigenvalue weighted by Gasteiger charge is 2.50. The summed E-state index contributed by atoms with van der Waals surface area (Å²) in [6.07, 6.45) is 0.456. The molecule has 0 saturated heterocycles. The molecule has 0 saturated carbocycles. The van der Waals surface area contributed by atoms with Gasteiger partial charge < -0.3 is 9.47 Å². The number of aryl methyl sites for hydroxylation is 1. The summed E-state index contributed by atoms with van der Waals surface area (Å²) in [5.41, 5.74) is 9.31.